The molecule has 0 fully saturated rings. The van der Waals surface area contributed by atoms with Crippen molar-refractivity contribution in [1.29, 1.82) is 0 Å². The minimum atomic E-state index is -0.683. The molecule has 0 aliphatic carbocycles. The van der Waals surface area contributed by atoms with Crippen molar-refractivity contribution < 1.29 is 14.3 Å². The summed E-state index contributed by atoms with van der Waals surface area (Å²) in [5.41, 5.74) is -0.198. The number of H-pyrrole nitrogens is 1. The first-order valence-electron chi connectivity index (χ1n) is 7.75. The fraction of sp³-hybridized carbons (Fsp3) is 0.176. The molecule has 26 heavy (non-hydrogen) atoms. The van der Waals surface area contributed by atoms with Crippen LogP contribution in [0, 0.1) is 5.21 Å². The standard InChI is InChI=1S/C17H16N4O4S/c1-3-4-8-11-14(22)19-13(16(25-2)21(11)24)15(23)20-17-18-10-7-5-6-9-12(10)26-17/h3,5-7,9H,1,4,8H2,2H3,(H,19,22)(H,18,20,23). The molecule has 9 heteroatoms. The van der Waals surface area contributed by atoms with E-state index in [1.54, 1.807) is 6.08 Å². The van der Waals surface area contributed by atoms with Gasteiger partial charge >= 0.3 is 11.4 Å². The maximum absolute atomic E-state index is 12.5. The predicted molar refractivity (Wildman–Crippen MR) is 98.7 cm³/mol. The lowest BCUT2D eigenvalue weighted by molar-refractivity contribution is -0.622. The second-order valence-electron chi connectivity index (χ2n) is 5.35. The van der Waals surface area contributed by atoms with Crippen LogP contribution in [0.15, 0.2) is 41.7 Å². The molecule has 2 N–H and O–H groups in total. The monoisotopic (exact) mass is 372 g/mol. The summed E-state index contributed by atoms with van der Waals surface area (Å²) < 4.78 is 6.29. The summed E-state index contributed by atoms with van der Waals surface area (Å²) in [5, 5.41) is 15.3. The van der Waals surface area contributed by atoms with Gasteiger partial charge in [-0.3, -0.25) is 14.9 Å². The summed E-state index contributed by atoms with van der Waals surface area (Å²) in [4.78, 5) is 31.4. The molecule has 2 aromatic heterocycles. The van der Waals surface area contributed by atoms with E-state index in [1.807, 2.05) is 24.3 Å². The SMILES string of the molecule is C=CCCc1c(=O)[nH]c(C(=O)Nc2nc3ccccc3s2)c(OC)[n+]1[O-]. The predicted octanol–water partition coefficient (Wildman–Crippen LogP) is 2.00. The lowest BCUT2D eigenvalue weighted by Gasteiger charge is -2.10. The lowest BCUT2D eigenvalue weighted by atomic mass is 10.2. The summed E-state index contributed by atoms with van der Waals surface area (Å²) in [6.07, 6.45) is 2.24. The molecule has 0 spiro atoms. The van der Waals surface area contributed by atoms with Crippen LogP contribution in [0.4, 0.5) is 5.13 Å². The number of rotatable bonds is 6. The number of carbonyl (C=O) groups excluding carboxylic acids is 1. The van der Waals surface area contributed by atoms with Gasteiger partial charge in [0.2, 0.25) is 5.69 Å². The second kappa shape index (κ2) is 7.36. The Labute approximate surface area is 152 Å². The van der Waals surface area contributed by atoms with Gasteiger partial charge in [-0.05, 0) is 18.6 Å². The van der Waals surface area contributed by atoms with Crippen molar-refractivity contribution in [2.75, 3.05) is 12.4 Å². The number of thiazole rings is 1. The molecule has 8 nitrogen and oxygen atoms in total. The lowest BCUT2D eigenvalue weighted by Crippen LogP contribution is -2.43. The maximum atomic E-state index is 12.5. The molecule has 0 saturated carbocycles. The number of allylic oxidation sites excluding steroid dienone is 1. The molecule has 0 aliphatic heterocycles. The van der Waals surface area contributed by atoms with Crippen LogP contribution in [-0.2, 0) is 6.42 Å². The average Bonchev–Trinajstić information content (AvgIpc) is 3.03. The number of aromatic amines is 1. The van der Waals surface area contributed by atoms with E-state index in [9.17, 15) is 14.8 Å². The zero-order valence-electron chi connectivity index (χ0n) is 13.9. The molecule has 0 saturated heterocycles. The van der Waals surface area contributed by atoms with Crippen LogP contribution in [0.5, 0.6) is 5.88 Å². The number of nitrogens with zero attached hydrogens (tertiary/aromatic N) is 2. The van der Waals surface area contributed by atoms with E-state index in [0.29, 0.717) is 16.3 Å². The van der Waals surface area contributed by atoms with E-state index in [0.717, 1.165) is 10.2 Å². The smallest absolute Gasteiger partial charge is 0.409 e. The largest absolute Gasteiger partial charge is 0.616 e. The Bertz CT molecular complexity index is 1010. The molecule has 0 aliphatic rings. The van der Waals surface area contributed by atoms with Gasteiger partial charge in [-0.15, -0.1) is 11.3 Å². The summed E-state index contributed by atoms with van der Waals surface area (Å²) in [5.74, 6) is -0.958. The number of methoxy groups -OCH3 is 1. The van der Waals surface area contributed by atoms with Crippen LogP contribution >= 0.6 is 11.3 Å². The molecule has 0 bridgehead atoms. The van der Waals surface area contributed by atoms with Crippen LogP contribution in [0.1, 0.15) is 22.6 Å². The van der Waals surface area contributed by atoms with Crippen molar-refractivity contribution in [3.8, 4) is 5.88 Å². The summed E-state index contributed by atoms with van der Waals surface area (Å²) in [6, 6.07) is 7.42. The number of para-hydroxylation sites is 1. The third-order valence-corrected chi connectivity index (χ3v) is 4.62. The van der Waals surface area contributed by atoms with Crippen LogP contribution in [0.2, 0.25) is 0 Å². The number of ether oxygens (including phenoxy) is 1. The minimum Gasteiger partial charge on any atom is -0.616 e. The Morgan fingerprint density at radius 1 is 1.50 bits per heavy atom. The van der Waals surface area contributed by atoms with Gasteiger partial charge in [0, 0.05) is 6.42 Å². The Balaban J connectivity index is 1.95. The summed E-state index contributed by atoms with van der Waals surface area (Å²) in [7, 11) is 1.26. The van der Waals surface area contributed by atoms with E-state index in [4.69, 9.17) is 4.74 Å². The minimum absolute atomic E-state index is 0.0433. The first kappa shape index (κ1) is 17.6. The van der Waals surface area contributed by atoms with Crippen molar-refractivity contribution in [2.45, 2.75) is 12.8 Å². The number of anilines is 1. The van der Waals surface area contributed by atoms with Gasteiger partial charge in [-0.1, -0.05) is 29.5 Å². The highest BCUT2D eigenvalue weighted by molar-refractivity contribution is 7.22. The second-order valence-corrected chi connectivity index (χ2v) is 6.38. The fourth-order valence-electron chi connectivity index (χ4n) is 2.43. The van der Waals surface area contributed by atoms with E-state index >= 15 is 0 Å². The third kappa shape index (κ3) is 3.29. The number of nitrogens with one attached hydrogen (secondary N) is 2. The molecule has 134 valence electrons. The number of fused-ring (bicyclic) bond motifs is 1. The van der Waals surface area contributed by atoms with Crippen molar-refractivity contribution in [3.05, 3.63) is 63.9 Å². The topological polar surface area (TPSA) is 111 Å². The number of aromatic nitrogens is 3. The molecule has 0 atom stereocenters. The first-order chi connectivity index (χ1) is 12.5. The van der Waals surface area contributed by atoms with Gasteiger partial charge in [0.05, 0.1) is 17.3 Å². The Morgan fingerprint density at radius 2 is 2.27 bits per heavy atom. The van der Waals surface area contributed by atoms with Gasteiger partial charge in [-0.2, -0.15) is 0 Å². The zero-order valence-corrected chi connectivity index (χ0v) is 14.8. The molecule has 2 heterocycles. The van der Waals surface area contributed by atoms with Crippen LogP contribution in [0.25, 0.3) is 10.2 Å². The van der Waals surface area contributed by atoms with Crippen molar-refractivity contribution in [2.24, 2.45) is 0 Å². The quantitative estimate of drug-likeness (QED) is 0.390. The van der Waals surface area contributed by atoms with Crippen molar-refractivity contribution >= 4 is 32.6 Å². The maximum Gasteiger partial charge on any atom is 0.409 e. The summed E-state index contributed by atoms with van der Waals surface area (Å²) >= 11 is 1.28. The molecule has 1 amide bonds. The third-order valence-electron chi connectivity index (χ3n) is 3.66. The molecular weight excluding hydrogens is 356 g/mol. The number of amides is 1. The van der Waals surface area contributed by atoms with Crippen molar-refractivity contribution in [3.63, 3.8) is 0 Å². The van der Waals surface area contributed by atoms with E-state index in [1.165, 1.54) is 18.4 Å². The Hall–Kier alpha value is -3.20. The number of hydrogen-bond acceptors (Lipinski definition) is 6. The number of benzene rings is 1. The Morgan fingerprint density at radius 3 is 2.96 bits per heavy atom. The number of carbonyl (C=O) groups is 1. The van der Waals surface area contributed by atoms with Gasteiger partial charge in [0.15, 0.2) is 5.13 Å². The highest BCUT2D eigenvalue weighted by atomic mass is 32.1. The molecule has 0 radical (unpaired) electrons. The summed E-state index contributed by atoms with van der Waals surface area (Å²) in [6.45, 7) is 3.56. The zero-order chi connectivity index (χ0) is 18.7. The van der Waals surface area contributed by atoms with Gasteiger partial charge < -0.3 is 14.9 Å². The molecule has 3 aromatic rings. The first-order valence-corrected chi connectivity index (χ1v) is 8.57. The van der Waals surface area contributed by atoms with Crippen LogP contribution < -0.4 is 20.3 Å². The molecule has 0 unspecified atom stereocenters. The van der Waals surface area contributed by atoms with E-state index < -0.39 is 11.5 Å². The van der Waals surface area contributed by atoms with E-state index in [-0.39, 0.29) is 23.7 Å². The van der Waals surface area contributed by atoms with E-state index in [2.05, 4.69) is 21.9 Å². The van der Waals surface area contributed by atoms with Gasteiger partial charge in [-0.25, -0.2) is 4.98 Å². The molecule has 1 aromatic carbocycles. The highest BCUT2D eigenvalue weighted by Crippen LogP contribution is 2.26. The van der Waals surface area contributed by atoms with Crippen LogP contribution in [-0.4, -0.2) is 23.0 Å². The molecular formula is C17H16N4O4S. The average molecular weight is 372 g/mol. The van der Waals surface area contributed by atoms with Crippen molar-refractivity contribution in [1.82, 2.24) is 9.97 Å². The van der Waals surface area contributed by atoms with Gasteiger partial charge in [0.1, 0.15) is 0 Å². The highest BCUT2D eigenvalue weighted by Gasteiger charge is 2.27. The van der Waals surface area contributed by atoms with Gasteiger partial charge in [0.25, 0.3) is 11.6 Å². The Kier molecular flexibility index (Phi) is 4.99. The van der Waals surface area contributed by atoms with Crippen LogP contribution in [0.3, 0.4) is 0 Å². The normalized spacial score (nSPS) is 10.7. The number of hydrogen-bond donors (Lipinski definition) is 2. The fourth-order valence-corrected chi connectivity index (χ4v) is 3.29. The molecule has 3 rings (SSSR count).